The Morgan fingerprint density at radius 3 is 2.59 bits per heavy atom. The lowest BCUT2D eigenvalue weighted by molar-refractivity contribution is 0.173. The van der Waals surface area contributed by atoms with Gasteiger partial charge in [-0.05, 0) is 37.5 Å². The summed E-state index contributed by atoms with van der Waals surface area (Å²) in [7, 11) is 0. The zero-order valence-corrected chi connectivity index (χ0v) is 11.1. The van der Waals surface area contributed by atoms with Gasteiger partial charge in [0, 0.05) is 11.8 Å². The van der Waals surface area contributed by atoms with Crippen LogP contribution in [0.25, 0.3) is 0 Å². The topological polar surface area (TPSA) is 38.1 Å². The van der Waals surface area contributed by atoms with Crippen LogP contribution in [-0.4, -0.2) is 14.9 Å². The van der Waals surface area contributed by atoms with E-state index in [-0.39, 0.29) is 6.10 Å². The normalized spacial score (nSPS) is 31.4. The Balaban J connectivity index is 2.09. The van der Waals surface area contributed by atoms with Crippen LogP contribution in [0.15, 0.2) is 12.4 Å². The molecule has 1 aliphatic carbocycles. The Kier molecular flexibility index (Phi) is 3.87. The summed E-state index contributed by atoms with van der Waals surface area (Å²) in [4.78, 5) is 0. The molecule has 0 spiro atoms. The van der Waals surface area contributed by atoms with Gasteiger partial charge in [0.25, 0.3) is 0 Å². The second-order valence-corrected chi connectivity index (χ2v) is 5.75. The minimum absolute atomic E-state index is 0.359. The summed E-state index contributed by atoms with van der Waals surface area (Å²) in [5, 5.41) is 14.2. The van der Waals surface area contributed by atoms with E-state index in [1.165, 1.54) is 19.3 Å². The monoisotopic (exact) mass is 236 g/mol. The minimum Gasteiger partial charge on any atom is -0.388 e. The van der Waals surface area contributed by atoms with Crippen LogP contribution >= 0.6 is 0 Å². The molecule has 1 heterocycles. The van der Waals surface area contributed by atoms with Gasteiger partial charge in [0.1, 0.15) is 0 Å². The third kappa shape index (κ3) is 2.89. The number of aliphatic hydroxyl groups is 1. The lowest BCUT2D eigenvalue weighted by atomic mass is 9.80. The molecule has 0 amide bonds. The van der Waals surface area contributed by atoms with Crippen LogP contribution in [0.1, 0.15) is 64.2 Å². The first-order valence-electron chi connectivity index (χ1n) is 6.82. The van der Waals surface area contributed by atoms with Gasteiger partial charge >= 0.3 is 0 Å². The van der Waals surface area contributed by atoms with Crippen molar-refractivity contribution in [2.24, 2.45) is 11.8 Å². The Morgan fingerprint density at radius 2 is 2.00 bits per heavy atom. The molecule has 0 bridgehead atoms. The molecule has 0 saturated heterocycles. The molecule has 1 aliphatic rings. The quantitative estimate of drug-likeness (QED) is 0.874. The molecule has 0 radical (unpaired) electrons. The maximum atomic E-state index is 9.79. The van der Waals surface area contributed by atoms with Crippen molar-refractivity contribution in [3.63, 3.8) is 0 Å². The second-order valence-electron chi connectivity index (χ2n) is 5.75. The van der Waals surface area contributed by atoms with E-state index >= 15 is 0 Å². The zero-order valence-electron chi connectivity index (χ0n) is 11.1. The molecule has 0 aromatic carbocycles. The highest BCUT2D eigenvalue weighted by Crippen LogP contribution is 2.35. The standard InChI is InChI=1S/C14H24N2O/c1-4-14(17)12-8-15-16(9-12)13-6-10(2)5-11(3)7-13/h8-11,13-14,17H,4-7H2,1-3H3. The van der Waals surface area contributed by atoms with Crippen LogP contribution in [0.2, 0.25) is 0 Å². The second kappa shape index (κ2) is 5.21. The molecule has 1 aromatic rings. The summed E-state index contributed by atoms with van der Waals surface area (Å²) in [6, 6.07) is 0.520. The van der Waals surface area contributed by atoms with Crippen LogP contribution in [0.5, 0.6) is 0 Å². The number of hydrogen-bond acceptors (Lipinski definition) is 2. The largest absolute Gasteiger partial charge is 0.388 e. The summed E-state index contributed by atoms with van der Waals surface area (Å²) in [6.45, 7) is 6.65. The summed E-state index contributed by atoms with van der Waals surface area (Å²) >= 11 is 0. The number of aromatic nitrogens is 2. The summed E-state index contributed by atoms with van der Waals surface area (Å²) in [5.41, 5.74) is 0.957. The predicted octanol–water partition coefficient (Wildman–Crippen LogP) is 3.32. The van der Waals surface area contributed by atoms with E-state index in [0.29, 0.717) is 6.04 Å². The Hall–Kier alpha value is -0.830. The van der Waals surface area contributed by atoms with Crippen molar-refractivity contribution in [3.05, 3.63) is 18.0 Å². The van der Waals surface area contributed by atoms with Gasteiger partial charge < -0.3 is 5.11 Å². The molecule has 3 nitrogen and oxygen atoms in total. The lowest BCUT2D eigenvalue weighted by Crippen LogP contribution is -2.22. The molecular formula is C14H24N2O. The third-order valence-corrected chi connectivity index (χ3v) is 3.92. The van der Waals surface area contributed by atoms with Gasteiger partial charge in [-0.25, -0.2) is 0 Å². The predicted molar refractivity (Wildman–Crippen MR) is 68.7 cm³/mol. The SMILES string of the molecule is CCC(O)c1cnn(C2CC(C)CC(C)C2)c1. The molecular weight excluding hydrogens is 212 g/mol. The maximum Gasteiger partial charge on any atom is 0.0817 e. The summed E-state index contributed by atoms with van der Waals surface area (Å²) in [5.74, 6) is 1.57. The zero-order chi connectivity index (χ0) is 12.4. The average molecular weight is 236 g/mol. The first-order chi connectivity index (χ1) is 8.10. The first-order valence-corrected chi connectivity index (χ1v) is 6.82. The van der Waals surface area contributed by atoms with E-state index in [9.17, 15) is 5.11 Å². The smallest absolute Gasteiger partial charge is 0.0817 e. The fourth-order valence-electron chi connectivity index (χ4n) is 3.08. The van der Waals surface area contributed by atoms with E-state index < -0.39 is 0 Å². The Labute approximate surface area is 104 Å². The molecule has 0 aliphatic heterocycles. The van der Waals surface area contributed by atoms with Crippen LogP contribution < -0.4 is 0 Å². The van der Waals surface area contributed by atoms with Gasteiger partial charge in [-0.15, -0.1) is 0 Å². The lowest BCUT2D eigenvalue weighted by Gasteiger charge is -2.31. The van der Waals surface area contributed by atoms with E-state index in [2.05, 4.69) is 23.6 Å². The Bertz CT molecular complexity index is 351. The fourth-order valence-corrected chi connectivity index (χ4v) is 3.08. The highest BCUT2D eigenvalue weighted by molar-refractivity contribution is 5.08. The van der Waals surface area contributed by atoms with E-state index in [0.717, 1.165) is 23.8 Å². The highest BCUT2D eigenvalue weighted by Gasteiger charge is 2.25. The van der Waals surface area contributed by atoms with Gasteiger partial charge in [0.05, 0.1) is 18.3 Å². The van der Waals surface area contributed by atoms with E-state index in [1.54, 1.807) is 0 Å². The van der Waals surface area contributed by atoms with Crippen molar-refractivity contribution in [3.8, 4) is 0 Å². The molecule has 3 unspecified atom stereocenters. The van der Waals surface area contributed by atoms with E-state index in [1.807, 2.05) is 19.3 Å². The molecule has 2 rings (SSSR count). The molecule has 1 aromatic heterocycles. The molecule has 1 fully saturated rings. The summed E-state index contributed by atoms with van der Waals surface area (Å²) < 4.78 is 2.07. The van der Waals surface area contributed by atoms with Crippen molar-refractivity contribution >= 4 is 0 Å². The highest BCUT2D eigenvalue weighted by atomic mass is 16.3. The van der Waals surface area contributed by atoms with Crippen LogP contribution in [-0.2, 0) is 0 Å². The van der Waals surface area contributed by atoms with Gasteiger partial charge in [-0.2, -0.15) is 5.10 Å². The average Bonchev–Trinajstić information content (AvgIpc) is 2.76. The first kappa shape index (κ1) is 12.6. The number of nitrogens with zero attached hydrogens (tertiary/aromatic N) is 2. The van der Waals surface area contributed by atoms with Gasteiger partial charge in [-0.1, -0.05) is 20.8 Å². The van der Waals surface area contributed by atoms with Crippen molar-refractivity contribution in [1.82, 2.24) is 9.78 Å². The number of aliphatic hydroxyl groups excluding tert-OH is 1. The molecule has 96 valence electrons. The molecule has 3 atom stereocenters. The van der Waals surface area contributed by atoms with Crippen LogP contribution in [0.4, 0.5) is 0 Å². The van der Waals surface area contributed by atoms with Gasteiger partial charge in [0.2, 0.25) is 0 Å². The van der Waals surface area contributed by atoms with Crippen molar-refractivity contribution in [1.29, 1.82) is 0 Å². The minimum atomic E-state index is -0.359. The van der Waals surface area contributed by atoms with Crippen LogP contribution in [0.3, 0.4) is 0 Å². The molecule has 1 saturated carbocycles. The summed E-state index contributed by atoms with van der Waals surface area (Å²) in [6.07, 6.45) is 8.01. The maximum absolute atomic E-state index is 9.79. The van der Waals surface area contributed by atoms with Crippen molar-refractivity contribution in [2.75, 3.05) is 0 Å². The third-order valence-electron chi connectivity index (χ3n) is 3.92. The van der Waals surface area contributed by atoms with Gasteiger partial charge in [0.15, 0.2) is 0 Å². The van der Waals surface area contributed by atoms with Gasteiger partial charge in [-0.3, -0.25) is 4.68 Å². The fraction of sp³-hybridized carbons (Fsp3) is 0.786. The van der Waals surface area contributed by atoms with Crippen LogP contribution in [0, 0.1) is 11.8 Å². The molecule has 17 heavy (non-hydrogen) atoms. The molecule has 1 N–H and O–H groups in total. The number of rotatable bonds is 3. The molecule has 3 heteroatoms. The van der Waals surface area contributed by atoms with E-state index in [4.69, 9.17) is 0 Å². The number of hydrogen-bond donors (Lipinski definition) is 1. The Morgan fingerprint density at radius 1 is 1.35 bits per heavy atom. The van der Waals surface area contributed by atoms with Crippen molar-refractivity contribution in [2.45, 2.75) is 58.6 Å². The van der Waals surface area contributed by atoms with Crippen molar-refractivity contribution < 1.29 is 5.11 Å².